The molecule has 1 aliphatic rings. The van der Waals surface area contributed by atoms with E-state index in [0.29, 0.717) is 23.0 Å². The lowest BCUT2D eigenvalue weighted by atomic mass is 9.75. The minimum atomic E-state index is -0.360. The van der Waals surface area contributed by atoms with E-state index < -0.39 is 0 Å². The monoisotopic (exact) mass is 350 g/mol. The van der Waals surface area contributed by atoms with Gasteiger partial charge in [0.05, 0.1) is 12.4 Å². The first-order chi connectivity index (χ1) is 11.6. The highest BCUT2D eigenvalue weighted by Gasteiger charge is 2.28. The van der Waals surface area contributed by atoms with E-state index in [0.717, 1.165) is 16.9 Å². The molecule has 0 amide bonds. The van der Waals surface area contributed by atoms with E-state index in [9.17, 15) is 14.7 Å². The second kappa shape index (κ2) is 7.56. The van der Waals surface area contributed by atoms with Gasteiger partial charge in [-0.2, -0.15) is 0 Å². The molecular weight excluding hydrogens is 320 g/mol. The van der Waals surface area contributed by atoms with Gasteiger partial charge in [0.15, 0.2) is 11.2 Å². The highest BCUT2D eigenvalue weighted by atomic mass is 16.3. The van der Waals surface area contributed by atoms with Crippen molar-refractivity contribution in [3.8, 4) is 0 Å². The minimum Gasteiger partial charge on any atom is -0.393 e. The molecule has 3 rings (SSSR count). The molecule has 25 heavy (non-hydrogen) atoms. The molecule has 0 spiro atoms. The van der Waals surface area contributed by atoms with Crippen LogP contribution in [0.5, 0.6) is 0 Å². The Labute approximate surface area is 147 Å². The number of hydrogen-bond acceptors (Lipinski definition) is 4. The molecule has 7 nitrogen and oxygen atoms in total. The Hall–Kier alpha value is -1.89. The lowest BCUT2D eigenvalue weighted by Crippen LogP contribution is -2.37. The summed E-state index contributed by atoms with van der Waals surface area (Å²) in [5.41, 5.74) is 0.180. The predicted molar refractivity (Wildman–Crippen MR) is 98.5 cm³/mol. The van der Waals surface area contributed by atoms with Crippen molar-refractivity contribution in [1.29, 1.82) is 0 Å². The maximum absolute atomic E-state index is 11.7. The summed E-state index contributed by atoms with van der Waals surface area (Å²) in [5, 5.41) is 9.71. The molecule has 1 saturated carbocycles. The summed E-state index contributed by atoms with van der Waals surface area (Å²) < 4.78 is 4.04. The molecule has 0 aromatic carbocycles. The lowest BCUT2D eigenvalue weighted by Gasteiger charge is -2.33. The standard InChI is InChI=1S/C10H20O.C8H10N4O2/c1-7(2)9-5-4-8(3)6-10(9)11;1-10-4-9-6-5(10)7(13)12(3)8(14)11(6)2/h7-11H,4-6H2,1-3H3;4H,1-3H3. The van der Waals surface area contributed by atoms with E-state index in [1.807, 2.05) is 0 Å². The molecule has 0 bridgehead atoms. The maximum Gasteiger partial charge on any atom is 0.332 e. The van der Waals surface area contributed by atoms with Gasteiger partial charge in [-0.3, -0.25) is 13.9 Å². The average Bonchev–Trinajstić information content (AvgIpc) is 2.93. The molecule has 3 atom stereocenters. The Bertz CT molecular complexity index is 846. The molecule has 140 valence electrons. The van der Waals surface area contributed by atoms with Gasteiger partial charge in [0, 0.05) is 21.1 Å². The van der Waals surface area contributed by atoms with Crippen molar-refractivity contribution >= 4 is 11.2 Å². The van der Waals surface area contributed by atoms with E-state index in [1.54, 1.807) is 18.7 Å². The van der Waals surface area contributed by atoms with Crippen molar-refractivity contribution in [2.75, 3.05) is 0 Å². The fourth-order valence-corrected chi connectivity index (χ4v) is 3.62. The summed E-state index contributed by atoms with van der Waals surface area (Å²) in [4.78, 5) is 27.2. The van der Waals surface area contributed by atoms with Crippen LogP contribution in [0.2, 0.25) is 0 Å². The lowest BCUT2D eigenvalue weighted by molar-refractivity contribution is 0.0266. The number of nitrogens with zero attached hydrogens (tertiary/aromatic N) is 4. The number of aliphatic hydroxyl groups excluding tert-OH is 1. The molecule has 2 aromatic heterocycles. The van der Waals surface area contributed by atoms with Crippen LogP contribution in [0.15, 0.2) is 15.9 Å². The number of imidazole rings is 1. The fraction of sp³-hybridized carbons (Fsp3) is 0.722. The van der Waals surface area contributed by atoms with Crippen molar-refractivity contribution in [1.82, 2.24) is 18.7 Å². The Morgan fingerprint density at radius 3 is 2.36 bits per heavy atom. The Morgan fingerprint density at radius 2 is 1.80 bits per heavy atom. The van der Waals surface area contributed by atoms with Gasteiger partial charge >= 0.3 is 5.69 Å². The quantitative estimate of drug-likeness (QED) is 0.843. The molecule has 1 aliphatic carbocycles. The summed E-state index contributed by atoms with van der Waals surface area (Å²) >= 11 is 0. The zero-order valence-electron chi connectivity index (χ0n) is 16.1. The summed E-state index contributed by atoms with van der Waals surface area (Å²) in [6, 6.07) is 0. The van der Waals surface area contributed by atoms with E-state index in [-0.39, 0.29) is 17.4 Å². The van der Waals surface area contributed by atoms with E-state index in [2.05, 4.69) is 25.8 Å². The first-order valence-corrected chi connectivity index (χ1v) is 8.90. The number of hydrogen-bond donors (Lipinski definition) is 1. The van der Waals surface area contributed by atoms with Gasteiger partial charge < -0.3 is 9.67 Å². The Balaban J connectivity index is 0.000000186. The van der Waals surface area contributed by atoms with Gasteiger partial charge in [0.25, 0.3) is 5.56 Å². The van der Waals surface area contributed by atoms with Gasteiger partial charge in [-0.25, -0.2) is 9.78 Å². The second-order valence-corrected chi connectivity index (χ2v) is 7.63. The highest BCUT2D eigenvalue weighted by Crippen LogP contribution is 2.33. The number of rotatable bonds is 1. The van der Waals surface area contributed by atoms with Crippen LogP contribution in [0.1, 0.15) is 40.0 Å². The topological polar surface area (TPSA) is 82.1 Å². The van der Waals surface area contributed by atoms with Crippen LogP contribution in [-0.2, 0) is 21.1 Å². The van der Waals surface area contributed by atoms with Crippen molar-refractivity contribution in [2.24, 2.45) is 38.9 Å². The van der Waals surface area contributed by atoms with Crippen LogP contribution >= 0.6 is 0 Å². The number of fused-ring (bicyclic) bond motifs is 1. The van der Waals surface area contributed by atoms with Gasteiger partial charge in [-0.1, -0.05) is 27.2 Å². The Morgan fingerprint density at radius 1 is 1.16 bits per heavy atom. The predicted octanol–water partition coefficient (Wildman–Crippen LogP) is 1.41. The number of aromatic nitrogens is 4. The molecule has 1 fully saturated rings. The molecule has 2 heterocycles. The van der Waals surface area contributed by atoms with Crippen molar-refractivity contribution < 1.29 is 5.11 Å². The third-order valence-electron chi connectivity index (χ3n) is 5.30. The minimum absolute atomic E-state index is 0.0289. The summed E-state index contributed by atoms with van der Waals surface area (Å²) in [5.74, 6) is 1.95. The molecule has 2 aromatic rings. The van der Waals surface area contributed by atoms with Crippen molar-refractivity contribution in [3.05, 3.63) is 27.2 Å². The van der Waals surface area contributed by atoms with Crippen molar-refractivity contribution in [3.63, 3.8) is 0 Å². The molecule has 7 heteroatoms. The summed E-state index contributed by atoms with van der Waals surface area (Å²) in [6.45, 7) is 6.66. The van der Waals surface area contributed by atoms with Crippen LogP contribution < -0.4 is 11.2 Å². The van der Waals surface area contributed by atoms with E-state index in [1.165, 1.54) is 30.8 Å². The zero-order valence-corrected chi connectivity index (χ0v) is 16.1. The molecule has 0 saturated heterocycles. The van der Waals surface area contributed by atoms with Gasteiger partial charge in [0.2, 0.25) is 0 Å². The third-order valence-corrected chi connectivity index (χ3v) is 5.30. The number of aliphatic hydroxyl groups is 1. The van der Waals surface area contributed by atoms with Gasteiger partial charge in [0.1, 0.15) is 0 Å². The molecular formula is C18H30N4O3. The zero-order chi connectivity index (χ0) is 18.9. The highest BCUT2D eigenvalue weighted by molar-refractivity contribution is 5.69. The van der Waals surface area contributed by atoms with Crippen LogP contribution in [-0.4, -0.2) is 29.9 Å². The fourth-order valence-electron chi connectivity index (χ4n) is 3.62. The van der Waals surface area contributed by atoms with Gasteiger partial charge in [-0.15, -0.1) is 0 Å². The van der Waals surface area contributed by atoms with Crippen LogP contribution in [0.25, 0.3) is 11.2 Å². The third kappa shape index (κ3) is 3.86. The molecule has 1 N–H and O–H groups in total. The number of aryl methyl sites for hydroxylation is 2. The maximum atomic E-state index is 11.7. The first-order valence-electron chi connectivity index (χ1n) is 8.90. The summed E-state index contributed by atoms with van der Waals surface area (Å²) in [6.07, 6.45) is 5.03. The van der Waals surface area contributed by atoms with Crippen LogP contribution in [0.3, 0.4) is 0 Å². The summed E-state index contributed by atoms with van der Waals surface area (Å²) in [7, 11) is 4.77. The first kappa shape index (κ1) is 19.4. The normalized spacial score (nSPS) is 23.6. The van der Waals surface area contributed by atoms with Gasteiger partial charge in [-0.05, 0) is 30.6 Å². The van der Waals surface area contributed by atoms with Crippen LogP contribution in [0.4, 0.5) is 0 Å². The average molecular weight is 350 g/mol. The molecule has 0 radical (unpaired) electrons. The van der Waals surface area contributed by atoms with Crippen molar-refractivity contribution in [2.45, 2.75) is 46.1 Å². The largest absolute Gasteiger partial charge is 0.393 e. The van der Waals surface area contributed by atoms with Crippen LogP contribution in [0, 0.1) is 17.8 Å². The SMILES string of the molecule is CC1CCC(C(C)C)C(O)C1.Cn1c(=O)c2c(ncn2C)n(C)c1=O. The van der Waals surface area contributed by atoms with E-state index in [4.69, 9.17) is 0 Å². The van der Waals surface area contributed by atoms with E-state index >= 15 is 0 Å². The molecule has 3 unspecified atom stereocenters. The Kier molecular flexibility index (Phi) is 5.87. The second-order valence-electron chi connectivity index (χ2n) is 7.63. The molecule has 0 aliphatic heterocycles. The smallest absolute Gasteiger partial charge is 0.332 e.